The fourth-order valence-corrected chi connectivity index (χ4v) is 3.84. The van der Waals surface area contributed by atoms with Crippen molar-refractivity contribution in [1.82, 2.24) is 0 Å². The Morgan fingerprint density at radius 2 is 1.29 bits per heavy atom. The van der Waals surface area contributed by atoms with E-state index in [1.54, 1.807) is 26.0 Å². The van der Waals surface area contributed by atoms with Crippen molar-refractivity contribution in [3.8, 4) is 0 Å². The van der Waals surface area contributed by atoms with Crippen molar-refractivity contribution >= 4 is 9.84 Å². The molecular weight excluding hydrogens is 287 g/mol. The monoisotopic (exact) mass is 306 g/mol. The summed E-state index contributed by atoms with van der Waals surface area (Å²) in [6.45, 7) is 5.29. The van der Waals surface area contributed by atoms with E-state index in [1.165, 1.54) is 12.1 Å². The van der Waals surface area contributed by atoms with Crippen molar-refractivity contribution in [3.05, 3.63) is 71.0 Å². The molecule has 2 aromatic rings. The van der Waals surface area contributed by atoms with Crippen molar-refractivity contribution in [2.75, 3.05) is 0 Å². The van der Waals surface area contributed by atoms with Crippen molar-refractivity contribution in [1.29, 1.82) is 0 Å². The van der Waals surface area contributed by atoms with Crippen LogP contribution in [0, 0.1) is 12.7 Å². The highest BCUT2D eigenvalue weighted by Crippen LogP contribution is 2.33. The third kappa shape index (κ3) is 3.32. The summed E-state index contributed by atoms with van der Waals surface area (Å²) in [5.41, 5.74) is 2.37. The minimum absolute atomic E-state index is 0.372. The van der Waals surface area contributed by atoms with Gasteiger partial charge in [-0.25, -0.2) is 12.8 Å². The lowest BCUT2D eigenvalue weighted by Crippen LogP contribution is -2.23. The second kappa shape index (κ2) is 5.98. The van der Waals surface area contributed by atoms with Crippen LogP contribution < -0.4 is 0 Å². The average Bonchev–Trinajstić information content (AvgIpc) is 2.43. The molecule has 0 saturated carbocycles. The van der Waals surface area contributed by atoms with E-state index in [2.05, 4.69) is 0 Å². The molecule has 0 amide bonds. The van der Waals surface area contributed by atoms with Gasteiger partial charge in [-0.3, -0.25) is 0 Å². The van der Waals surface area contributed by atoms with Gasteiger partial charge in [-0.2, -0.15) is 0 Å². The van der Waals surface area contributed by atoms with Crippen LogP contribution in [0.2, 0.25) is 0 Å². The molecule has 2 aromatic carbocycles. The van der Waals surface area contributed by atoms with Gasteiger partial charge in [0.25, 0.3) is 0 Å². The highest BCUT2D eigenvalue weighted by Gasteiger charge is 2.31. The Morgan fingerprint density at radius 3 is 1.71 bits per heavy atom. The molecule has 1 unspecified atom stereocenters. The molecule has 0 spiro atoms. The van der Waals surface area contributed by atoms with Gasteiger partial charge in [0.2, 0.25) is 0 Å². The second-order valence-electron chi connectivity index (χ2n) is 5.48. The van der Waals surface area contributed by atoms with Crippen LogP contribution in [0.3, 0.4) is 0 Å². The van der Waals surface area contributed by atoms with E-state index in [4.69, 9.17) is 0 Å². The van der Waals surface area contributed by atoms with Gasteiger partial charge in [-0.15, -0.1) is 0 Å². The summed E-state index contributed by atoms with van der Waals surface area (Å²) in [4.78, 5) is 0. The van der Waals surface area contributed by atoms with E-state index in [0.717, 1.165) is 5.56 Å². The van der Waals surface area contributed by atoms with Gasteiger partial charge in [0.05, 0.1) is 5.25 Å². The number of hydrogen-bond acceptors (Lipinski definition) is 2. The van der Waals surface area contributed by atoms with Crippen LogP contribution in [0.25, 0.3) is 0 Å². The summed E-state index contributed by atoms with van der Waals surface area (Å²) < 4.78 is 38.5. The molecule has 4 heteroatoms. The summed E-state index contributed by atoms with van der Waals surface area (Å²) in [6, 6.07) is 13.1. The predicted octanol–water partition coefficient (Wildman–Crippen LogP) is 4.05. The zero-order chi connectivity index (χ0) is 15.6. The minimum Gasteiger partial charge on any atom is -0.228 e. The third-order valence-electron chi connectivity index (χ3n) is 3.54. The molecule has 0 aliphatic carbocycles. The Kier molecular flexibility index (Phi) is 4.47. The number of benzene rings is 2. The van der Waals surface area contributed by atoms with Gasteiger partial charge in [0.1, 0.15) is 11.1 Å². The van der Waals surface area contributed by atoms with Gasteiger partial charge >= 0.3 is 0 Å². The maximum Gasteiger partial charge on any atom is 0.163 e. The molecule has 2 nitrogen and oxygen atoms in total. The van der Waals surface area contributed by atoms with Gasteiger partial charge in [0, 0.05) is 0 Å². The van der Waals surface area contributed by atoms with Crippen molar-refractivity contribution in [2.24, 2.45) is 0 Å². The van der Waals surface area contributed by atoms with E-state index < -0.39 is 20.3 Å². The normalized spacial score (nSPS) is 13.4. The second-order valence-corrected chi connectivity index (χ2v) is 8.07. The topological polar surface area (TPSA) is 34.1 Å². The first-order chi connectivity index (χ1) is 9.82. The maximum absolute atomic E-state index is 13.1. The number of rotatable bonds is 4. The maximum atomic E-state index is 13.1. The van der Waals surface area contributed by atoms with Crippen LogP contribution in [-0.2, 0) is 9.84 Å². The first-order valence-corrected chi connectivity index (χ1v) is 8.48. The van der Waals surface area contributed by atoms with Gasteiger partial charge in [-0.05, 0) is 44.0 Å². The summed E-state index contributed by atoms with van der Waals surface area (Å²) in [5.74, 6) is -0.372. The Hall–Kier alpha value is -1.68. The molecule has 0 heterocycles. The minimum atomic E-state index is -3.39. The largest absolute Gasteiger partial charge is 0.228 e. The number of aryl methyl sites for hydroxylation is 1. The molecule has 21 heavy (non-hydrogen) atoms. The van der Waals surface area contributed by atoms with E-state index in [0.29, 0.717) is 11.1 Å². The molecule has 0 aromatic heterocycles. The summed E-state index contributed by atoms with van der Waals surface area (Å²) in [6.07, 6.45) is 0. The molecule has 1 atom stereocenters. The first kappa shape index (κ1) is 15.7. The molecule has 112 valence electrons. The smallest absolute Gasteiger partial charge is 0.163 e. The van der Waals surface area contributed by atoms with Crippen molar-refractivity contribution in [2.45, 2.75) is 31.3 Å². The standard InChI is InChI=1S/C17H19FO2S/c1-12(2)21(19,20)17(14-6-4-13(3)5-7-14)15-8-10-16(18)11-9-15/h4-12,17H,1-3H3. The van der Waals surface area contributed by atoms with E-state index >= 15 is 0 Å². The van der Waals surface area contributed by atoms with Crippen LogP contribution in [0.1, 0.15) is 35.8 Å². The Morgan fingerprint density at radius 1 is 0.857 bits per heavy atom. The highest BCUT2D eigenvalue weighted by molar-refractivity contribution is 7.92. The molecule has 0 radical (unpaired) electrons. The van der Waals surface area contributed by atoms with Crippen molar-refractivity contribution < 1.29 is 12.8 Å². The fourth-order valence-electron chi connectivity index (χ4n) is 2.22. The zero-order valence-electron chi connectivity index (χ0n) is 12.4. The van der Waals surface area contributed by atoms with Gasteiger partial charge in [0.15, 0.2) is 9.84 Å². The number of sulfone groups is 1. The lowest BCUT2D eigenvalue weighted by Gasteiger charge is -2.21. The molecule has 0 aliphatic rings. The number of hydrogen-bond donors (Lipinski definition) is 0. The van der Waals surface area contributed by atoms with Crippen LogP contribution >= 0.6 is 0 Å². The lowest BCUT2D eigenvalue weighted by molar-refractivity contribution is 0.579. The summed E-state index contributed by atoms with van der Waals surface area (Å²) in [7, 11) is -3.39. The third-order valence-corrected chi connectivity index (χ3v) is 6.05. The van der Waals surface area contributed by atoms with Crippen LogP contribution in [0.5, 0.6) is 0 Å². The Labute approximate surface area is 125 Å². The zero-order valence-corrected chi connectivity index (χ0v) is 13.2. The first-order valence-electron chi connectivity index (χ1n) is 6.87. The van der Waals surface area contributed by atoms with Crippen LogP contribution in [-0.4, -0.2) is 13.7 Å². The Bertz CT molecular complexity index is 656. The molecule has 0 N–H and O–H groups in total. The van der Waals surface area contributed by atoms with Gasteiger partial charge in [-0.1, -0.05) is 42.0 Å². The molecule has 0 aliphatic heterocycles. The van der Waals surface area contributed by atoms with Gasteiger partial charge < -0.3 is 0 Å². The summed E-state index contributed by atoms with van der Waals surface area (Å²) in [5, 5.41) is -1.27. The highest BCUT2D eigenvalue weighted by atomic mass is 32.2. The predicted molar refractivity (Wildman–Crippen MR) is 83.5 cm³/mol. The van der Waals surface area contributed by atoms with E-state index in [-0.39, 0.29) is 5.82 Å². The molecular formula is C17H19FO2S. The lowest BCUT2D eigenvalue weighted by atomic mass is 10.0. The SMILES string of the molecule is Cc1ccc(C(c2ccc(F)cc2)S(=O)(=O)C(C)C)cc1. The van der Waals surface area contributed by atoms with E-state index in [1.807, 2.05) is 31.2 Å². The van der Waals surface area contributed by atoms with Crippen molar-refractivity contribution in [3.63, 3.8) is 0 Å². The van der Waals surface area contributed by atoms with Crippen LogP contribution in [0.4, 0.5) is 4.39 Å². The molecule has 0 saturated heterocycles. The molecule has 0 fully saturated rings. The Balaban J connectivity index is 2.60. The quantitative estimate of drug-likeness (QED) is 0.854. The molecule has 2 rings (SSSR count). The summed E-state index contributed by atoms with van der Waals surface area (Å²) >= 11 is 0. The van der Waals surface area contributed by atoms with E-state index in [9.17, 15) is 12.8 Å². The molecule has 0 bridgehead atoms. The van der Waals surface area contributed by atoms with Crippen LogP contribution in [0.15, 0.2) is 48.5 Å². The fraction of sp³-hybridized carbons (Fsp3) is 0.294. The average molecular weight is 306 g/mol. The number of halogens is 1.